The van der Waals surface area contributed by atoms with Crippen LogP contribution in [-0.2, 0) is 4.79 Å². The van der Waals surface area contributed by atoms with Gasteiger partial charge < -0.3 is 9.84 Å². The van der Waals surface area contributed by atoms with Gasteiger partial charge in [0.15, 0.2) is 0 Å². The molecule has 0 aromatic heterocycles. The van der Waals surface area contributed by atoms with Gasteiger partial charge in [-0.3, -0.25) is 9.69 Å². The third-order valence-corrected chi connectivity index (χ3v) is 4.18. The van der Waals surface area contributed by atoms with Crippen molar-refractivity contribution in [3.8, 4) is 5.75 Å². The van der Waals surface area contributed by atoms with Crippen LogP contribution in [0.2, 0.25) is 0 Å². The molecule has 0 unspecified atom stereocenters. The number of fused-ring (bicyclic) bond motifs is 1. The zero-order valence-corrected chi connectivity index (χ0v) is 11.6. The maximum atomic E-state index is 10.8. The van der Waals surface area contributed by atoms with Gasteiger partial charge in [-0.05, 0) is 18.6 Å². The second-order valence-electron chi connectivity index (χ2n) is 5.66. The quantitative estimate of drug-likeness (QED) is 0.898. The number of piperidine rings is 1. The van der Waals surface area contributed by atoms with Crippen LogP contribution in [0.15, 0.2) is 24.3 Å². The minimum Gasteiger partial charge on any atom is -0.482 e. The Bertz CT molecular complexity index is 557. The molecule has 0 aliphatic carbocycles. The van der Waals surface area contributed by atoms with Crippen molar-refractivity contribution in [1.29, 1.82) is 0 Å². The molecular weight excluding hydrogens is 254 g/mol. The van der Waals surface area contributed by atoms with E-state index in [9.17, 15) is 4.79 Å². The first-order valence-electron chi connectivity index (χ1n) is 7.00. The fraction of sp³-hybridized carbons (Fsp3) is 0.438. The Kier molecular flexibility index (Phi) is 3.26. The minimum absolute atomic E-state index is 0.120. The van der Waals surface area contributed by atoms with Crippen LogP contribution >= 0.6 is 0 Å². The highest BCUT2D eigenvalue weighted by atomic mass is 16.5. The van der Waals surface area contributed by atoms with Crippen molar-refractivity contribution in [3.05, 3.63) is 35.4 Å². The Labute approximate surface area is 118 Å². The molecule has 1 aromatic carbocycles. The zero-order chi connectivity index (χ0) is 14.2. The molecule has 2 heterocycles. The number of rotatable bonds is 2. The summed E-state index contributed by atoms with van der Waals surface area (Å²) in [5, 5.41) is 8.85. The van der Waals surface area contributed by atoms with E-state index in [0.717, 1.165) is 42.8 Å². The number of nitrogens with zero attached hydrogens (tertiary/aromatic N) is 1. The van der Waals surface area contributed by atoms with Crippen LogP contribution in [0, 0.1) is 6.92 Å². The molecule has 1 aromatic rings. The number of ether oxygens (including phenoxy) is 1. The number of carbonyl (C=O) groups is 1. The van der Waals surface area contributed by atoms with Crippen molar-refractivity contribution in [2.75, 3.05) is 19.6 Å². The third kappa shape index (κ3) is 2.43. The first-order chi connectivity index (χ1) is 9.58. The van der Waals surface area contributed by atoms with E-state index in [4.69, 9.17) is 9.84 Å². The van der Waals surface area contributed by atoms with E-state index in [-0.39, 0.29) is 12.1 Å². The smallest absolute Gasteiger partial charge is 0.317 e. The maximum Gasteiger partial charge on any atom is 0.317 e. The van der Waals surface area contributed by atoms with Gasteiger partial charge in [0.05, 0.1) is 6.54 Å². The number of hydrogen-bond acceptors (Lipinski definition) is 3. The van der Waals surface area contributed by atoms with Crippen molar-refractivity contribution in [2.24, 2.45) is 0 Å². The van der Waals surface area contributed by atoms with Crippen LogP contribution in [-0.4, -0.2) is 41.2 Å². The summed E-state index contributed by atoms with van der Waals surface area (Å²) in [6.45, 7) is 3.70. The van der Waals surface area contributed by atoms with Crippen LogP contribution in [0.1, 0.15) is 24.0 Å². The molecular formula is C16H19NO3. The molecule has 3 rings (SSSR count). The average Bonchev–Trinajstić information content (AvgIpc) is 2.42. The molecule has 0 atom stereocenters. The van der Waals surface area contributed by atoms with Gasteiger partial charge in [-0.25, -0.2) is 0 Å². The number of para-hydroxylation sites is 1. The topological polar surface area (TPSA) is 49.8 Å². The zero-order valence-electron chi connectivity index (χ0n) is 11.6. The number of carboxylic acid groups (broad SMARTS) is 1. The lowest BCUT2D eigenvalue weighted by atomic mass is 9.87. The molecule has 1 fully saturated rings. The summed E-state index contributed by atoms with van der Waals surface area (Å²) in [5.74, 6) is 0.212. The number of benzene rings is 1. The van der Waals surface area contributed by atoms with Gasteiger partial charge in [0.25, 0.3) is 0 Å². The first-order valence-corrected chi connectivity index (χ1v) is 7.00. The summed E-state index contributed by atoms with van der Waals surface area (Å²) >= 11 is 0. The lowest BCUT2D eigenvalue weighted by molar-refractivity contribution is -0.139. The molecule has 106 valence electrons. The molecule has 1 spiro atoms. The molecule has 1 saturated heterocycles. The summed E-state index contributed by atoms with van der Waals surface area (Å²) in [4.78, 5) is 12.7. The number of likely N-dealkylation sites (tertiary alicyclic amines) is 1. The lowest BCUT2D eigenvalue weighted by Crippen LogP contribution is -2.48. The van der Waals surface area contributed by atoms with Gasteiger partial charge in [-0.15, -0.1) is 0 Å². The largest absolute Gasteiger partial charge is 0.482 e. The van der Waals surface area contributed by atoms with Gasteiger partial charge in [0, 0.05) is 31.5 Å². The summed E-state index contributed by atoms with van der Waals surface area (Å²) in [6.07, 6.45) is 5.96. The Balaban J connectivity index is 1.75. The van der Waals surface area contributed by atoms with Gasteiger partial charge in [-0.1, -0.05) is 24.3 Å². The molecule has 0 amide bonds. The Morgan fingerprint density at radius 3 is 2.85 bits per heavy atom. The van der Waals surface area contributed by atoms with E-state index in [0.29, 0.717) is 0 Å². The van der Waals surface area contributed by atoms with E-state index < -0.39 is 5.97 Å². The maximum absolute atomic E-state index is 10.8. The van der Waals surface area contributed by atoms with Crippen LogP contribution in [0.4, 0.5) is 0 Å². The summed E-state index contributed by atoms with van der Waals surface area (Å²) < 4.78 is 6.28. The van der Waals surface area contributed by atoms with Crippen molar-refractivity contribution >= 4 is 12.0 Å². The van der Waals surface area contributed by atoms with Crippen LogP contribution in [0.5, 0.6) is 5.75 Å². The molecule has 0 radical (unpaired) electrons. The van der Waals surface area contributed by atoms with Crippen molar-refractivity contribution in [1.82, 2.24) is 4.90 Å². The van der Waals surface area contributed by atoms with Gasteiger partial charge in [-0.2, -0.15) is 0 Å². The molecule has 0 saturated carbocycles. The van der Waals surface area contributed by atoms with Crippen molar-refractivity contribution in [3.63, 3.8) is 0 Å². The summed E-state index contributed by atoms with van der Waals surface area (Å²) in [5.41, 5.74) is 2.02. The first kappa shape index (κ1) is 13.2. The van der Waals surface area contributed by atoms with Gasteiger partial charge in [0.1, 0.15) is 11.4 Å². The highest BCUT2D eigenvalue weighted by Gasteiger charge is 2.37. The fourth-order valence-corrected chi connectivity index (χ4v) is 2.97. The molecule has 0 bridgehead atoms. The molecule has 1 N–H and O–H groups in total. The minimum atomic E-state index is -0.762. The van der Waals surface area contributed by atoms with Crippen LogP contribution < -0.4 is 4.74 Å². The normalized spacial score (nSPS) is 20.4. The highest BCUT2D eigenvalue weighted by Crippen LogP contribution is 2.38. The SMILES string of the molecule is Cc1cccc2c1OC1(C=C2)CCN(CC(=O)O)CC1. The predicted molar refractivity (Wildman–Crippen MR) is 76.9 cm³/mol. The second-order valence-corrected chi connectivity index (χ2v) is 5.66. The van der Waals surface area contributed by atoms with E-state index in [1.54, 1.807) is 0 Å². The number of aliphatic carboxylic acids is 1. The van der Waals surface area contributed by atoms with Crippen molar-refractivity contribution in [2.45, 2.75) is 25.4 Å². The molecule has 4 nitrogen and oxygen atoms in total. The Morgan fingerprint density at radius 2 is 2.15 bits per heavy atom. The van der Waals surface area contributed by atoms with Gasteiger partial charge >= 0.3 is 5.97 Å². The Hall–Kier alpha value is -1.81. The summed E-state index contributed by atoms with van der Waals surface area (Å²) in [6, 6.07) is 6.16. The standard InChI is InChI=1S/C16H19NO3/c1-12-3-2-4-13-5-6-16(20-15(12)13)7-9-17(10-8-16)11-14(18)19/h2-6H,7-11H2,1H3,(H,18,19). The van der Waals surface area contributed by atoms with E-state index >= 15 is 0 Å². The van der Waals surface area contributed by atoms with Crippen molar-refractivity contribution < 1.29 is 14.6 Å². The molecule has 4 heteroatoms. The Morgan fingerprint density at radius 1 is 1.40 bits per heavy atom. The molecule has 2 aliphatic rings. The third-order valence-electron chi connectivity index (χ3n) is 4.18. The van der Waals surface area contributed by atoms with Crippen LogP contribution in [0.3, 0.4) is 0 Å². The van der Waals surface area contributed by atoms with Crippen LogP contribution in [0.25, 0.3) is 6.08 Å². The van der Waals surface area contributed by atoms with E-state index in [1.807, 2.05) is 11.0 Å². The molecule has 2 aliphatic heterocycles. The fourth-order valence-electron chi connectivity index (χ4n) is 2.97. The summed E-state index contributed by atoms with van der Waals surface area (Å²) in [7, 11) is 0. The van der Waals surface area contributed by atoms with E-state index in [2.05, 4.69) is 31.2 Å². The number of carboxylic acids is 1. The second kappa shape index (κ2) is 4.94. The number of aryl methyl sites for hydroxylation is 1. The highest BCUT2D eigenvalue weighted by molar-refractivity contribution is 5.69. The number of hydrogen-bond donors (Lipinski definition) is 1. The average molecular weight is 273 g/mol. The van der Waals surface area contributed by atoms with Gasteiger partial charge in [0.2, 0.25) is 0 Å². The lowest BCUT2D eigenvalue weighted by Gasteiger charge is -2.41. The monoisotopic (exact) mass is 273 g/mol. The molecule has 20 heavy (non-hydrogen) atoms. The van der Waals surface area contributed by atoms with E-state index in [1.165, 1.54) is 0 Å². The predicted octanol–water partition coefficient (Wildman–Crippen LogP) is 2.32.